The lowest BCUT2D eigenvalue weighted by Gasteiger charge is -2.30. The van der Waals surface area contributed by atoms with E-state index in [-0.39, 0.29) is 18.7 Å². The molecule has 1 unspecified atom stereocenters. The van der Waals surface area contributed by atoms with Crippen LogP contribution >= 0.6 is 0 Å². The number of carbonyl (C=O) groups excluding carboxylic acids is 2. The van der Waals surface area contributed by atoms with Crippen molar-refractivity contribution in [3.8, 4) is 0 Å². The minimum absolute atomic E-state index is 0.0724. The summed E-state index contributed by atoms with van der Waals surface area (Å²) in [5.74, 6) is -6.24. The molecule has 1 amide bonds. The second-order valence-corrected chi connectivity index (χ2v) is 4.24. The summed E-state index contributed by atoms with van der Waals surface area (Å²) in [6.45, 7) is 1.32. The first-order chi connectivity index (χ1) is 8.90. The van der Waals surface area contributed by atoms with E-state index in [9.17, 15) is 22.8 Å². The minimum Gasteiger partial charge on any atom is -0.454 e. The van der Waals surface area contributed by atoms with Crippen LogP contribution in [0.2, 0.25) is 0 Å². The number of cyclic esters (lactones) is 1. The van der Waals surface area contributed by atoms with Crippen molar-refractivity contribution in [2.45, 2.75) is 19.6 Å². The molecule has 7 heteroatoms. The zero-order valence-corrected chi connectivity index (χ0v) is 9.95. The van der Waals surface area contributed by atoms with E-state index >= 15 is 0 Å². The first-order valence-electron chi connectivity index (χ1n) is 5.52. The second kappa shape index (κ2) is 4.91. The Labute approximate surface area is 106 Å². The summed E-state index contributed by atoms with van der Waals surface area (Å²) in [5, 5.41) is 0. The standard InChI is InChI=1S/C12H10F3NO3/c1-6-4-16(11(17)12(18)19-6)5-7-2-3-8(13)10(15)9(7)14/h2-3,6H,4-5H2,1H3. The number of carbonyl (C=O) groups is 2. The molecule has 0 N–H and O–H groups in total. The van der Waals surface area contributed by atoms with Crippen molar-refractivity contribution in [1.29, 1.82) is 0 Å². The Morgan fingerprint density at radius 2 is 1.95 bits per heavy atom. The molecule has 1 aliphatic rings. The van der Waals surface area contributed by atoms with Gasteiger partial charge < -0.3 is 9.64 Å². The first kappa shape index (κ1) is 13.4. The summed E-state index contributed by atoms with van der Waals surface area (Å²) in [5.41, 5.74) is -0.200. The predicted molar refractivity (Wildman–Crippen MR) is 57.3 cm³/mol. The number of hydrogen-bond acceptors (Lipinski definition) is 3. The monoisotopic (exact) mass is 273 g/mol. The number of amides is 1. The van der Waals surface area contributed by atoms with E-state index in [1.54, 1.807) is 6.92 Å². The third kappa shape index (κ3) is 2.54. The van der Waals surface area contributed by atoms with Gasteiger partial charge in [0.1, 0.15) is 6.10 Å². The maximum Gasteiger partial charge on any atom is 0.397 e. The number of ether oxygens (including phenoxy) is 1. The maximum atomic E-state index is 13.5. The van der Waals surface area contributed by atoms with Gasteiger partial charge >= 0.3 is 11.9 Å². The molecule has 0 spiro atoms. The Bertz CT molecular complexity index is 547. The Morgan fingerprint density at radius 1 is 1.26 bits per heavy atom. The first-order valence-corrected chi connectivity index (χ1v) is 5.52. The van der Waals surface area contributed by atoms with Crippen molar-refractivity contribution in [3.63, 3.8) is 0 Å². The van der Waals surface area contributed by atoms with Crippen molar-refractivity contribution >= 4 is 11.9 Å². The van der Waals surface area contributed by atoms with Gasteiger partial charge in [0, 0.05) is 12.1 Å². The van der Waals surface area contributed by atoms with Crippen LogP contribution in [-0.2, 0) is 20.9 Å². The van der Waals surface area contributed by atoms with Gasteiger partial charge in [0.15, 0.2) is 17.5 Å². The van der Waals surface area contributed by atoms with Gasteiger partial charge in [-0.1, -0.05) is 6.07 Å². The molecule has 0 bridgehead atoms. The number of halogens is 3. The summed E-state index contributed by atoms with van der Waals surface area (Å²) in [6.07, 6.45) is -0.529. The molecular formula is C12H10F3NO3. The molecule has 1 atom stereocenters. The van der Waals surface area contributed by atoms with Crippen molar-refractivity contribution in [2.75, 3.05) is 6.54 Å². The number of hydrogen-bond donors (Lipinski definition) is 0. The van der Waals surface area contributed by atoms with Gasteiger partial charge in [0.2, 0.25) is 0 Å². The van der Waals surface area contributed by atoms with Crippen molar-refractivity contribution in [1.82, 2.24) is 4.90 Å². The summed E-state index contributed by atoms with van der Waals surface area (Å²) < 4.78 is 44.0. The maximum absolute atomic E-state index is 13.5. The largest absolute Gasteiger partial charge is 0.454 e. The molecule has 1 heterocycles. The lowest BCUT2D eigenvalue weighted by molar-refractivity contribution is -0.172. The summed E-state index contributed by atoms with van der Waals surface area (Å²) in [7, 11) is 0. The van der Waals surface area contributed by atoms with Crippen molar-refractivity contribution in [2.24, 2.45) is 0 Å². The lowest BCUT2D eigenvalue weighted by atomic mass is 10.1. The van der Waals surface area contributed by atoms with E-state index in [1.165, 1.54) is 0 Å². The zero-order valence-electron chi connectivity index (χ0n) is 9.95. The predicted octanol–water partition coefficient (Wildman–Crippen LogP) is 1.38. The van der Waals surface area contributed by atoms with Crippen LogP contribution in [0.1, 0.15) is 12.5 Å². The summed E-state index contributed by atoms with van der Waals surface area (Å²) >= 11 is 0. The van der Waals surface area contributed by atoms with Crippen LogP contribution < -0.4 is 0 Å². The van der Waals surface area contributed by atoms with Gasteiger partial charge in [-0.2, -0.15) is 0 Å². The topological polar surface area (TPSA) is 46.6 Å². The molecule has 102 valence electrons. The molecular weight excluding hydrogens is 263 g/mol. The third-order valence-corrected chi connectivity index (χ3v) is 2.72. The number of rotatable bonds is 2. The van der Waals surface area contributed by atoms with Gasteiger partial charge in [0.25, 0.3) is 0 Å². The van der Waals surface area contributed by atoms with E-state index in [1.807, 2.05) is 0 Å². The van der Waals surface area contributed by atoms with Gasteiger partial charge in [-0.15, -0.1) is 0 Å². The van der Waals surface area contributed by atoms with E-state index in [2.05, 4.69) is 4.74 Å². The van der Waals surface area contributed by atoms with Crippen molar-refractivity contribution in [3.05, 3.63) is 35.1 Å². The highest BCUT2D eigenvalue weighted by atomic mass is 19.2. The summed E-state index contributed by atoms with van der Waals surface area (Å²) in [6, 6.07) is 1.80. The zero-order chi connectivity index (χ0) is 14.2. The van der Waals surface area contributed by atoms with E-state index in [4.69, 9.17) is 0 Å². The number of morpholine rings is 1. The molecule has 1 fully saturated rings. The Hall–Kier alpha value is -2.05. The van der Waals surface area contributed by atoms with Crippen LogP contribution in [-0.4, -0.2) is 29.4 Å². The quantitative estimate of drug-likeness (QED) is 0.464. The normalized spacial score (nSPS) is 19.6. The van der Waals surface area contributed by atoms with Crippen LogP contribution in [0.4, 0.5) is 13.2 Å². The molecule has 2 rings (SSSR count). The van der Waals surface area contributed by atoms with Gasteiger partial charge in [0.05, 0.1) is 6.54 Å². The van der Waals surface area contributed by atoms with E-state index in [0.29, 0.717) is 0 Å². The highest BCUT2D eigenvalue weighted by Crippen LogP contribution is 2.18. The Balaban J connectivity index is 2.23. The second-order valence-electron chi connectivity index (χ2n) is 4.24. The lowest BCUT2D eigenvalue weighted by Crippen LogP contribution is -2.48. The van der Waals surface area contributed by atoms with Crippen LogP contribution in [0, 0.1) is 17.5 Å². The van der Waals surface area contributed by atoms with Gasteiger partial charge in [-0.25, -0.2) is 18.0 Å². The number of nitrogens with zero attached hydrogens (tertiary/aromatic N) is 1. The van der Waals surface area contributed by atoms with Crippen LogP contribution in [0.3, 0.4) is 0 Å². The number of benzene rings is 1. The molecule has 1 aromatic rings. The van der Waals surface area contributed by atoms with Crippen molar-refractivity contribution < 1.29 is 27.5 Å². The molecule has 4 nitrogen and oxygen atoms in total. The van der Waals surface area contributed by atoms with E-state index in [0.717, 1.165) is 17.0 Å². The fraction of sp³-hybridized carbons (Fsp3) is 0.333. The summed E-state index contributed by atoms with van der Waals surface area (Å²) in [4.78, 5) is 23.7. The molecule has 0 aliphatic carbocycles. The SMILES string of the molecule is CC1CN(Cc2ccc(F)c(F)c2F)C(=O)C(=O)O1. The fourth-order valence-electron chi connectivity index (χ4n) is 1.82. The minimum atomic E-state index is -1.60. The molecule has 1 saturated heterocycles. The van der Waals surface area contributed by atoms with E-state index < -0.39 is 35.4 Å². The van der Waals surface area contributed by atoms with Gasteiger partial charge in [-0.05, 0) is 13.0 Å². The molecule has 1 aromatic carbocycles. The highest BCUT2D eigenvalue weighted by molar-refractivity contribution is 6.32. The molecule has 0 radical (unpaired) electrons. The fourth-order valence-corrected chi connectivity index (χ4v) is 1.82. The number of esters is 1. The Morgan fingerprint density at radius 3 is 2.63 bits per heavy atom. The molecule has 19 heavy (non-hydrogen) atoms. The molecule has 0 saturated carbocycles. The Kier molecular flexibility index (Phi) is 3.46. The van der Waals surface area contributed by atoms with Crippen LogP contribution in [0.25, 0.3) is 0 Å². The highest BCUT2D eigenvalue weighted by Gasteiger charge is 2.32. The van der Waals surface area contributed by atoms with Gasteiger partial charge in [-0.3, -0.25) is 4.79 Å². The average molecular weight is 273 g/mol. The third-order valence-electron chi connectivity index (χ3n) is 2.72. The molecule has 0 aromatic heterocycles. The smallest absolute Gasteiger partial charge is 0.397 e. The molecule has 1 aliphatic heterocycles. The van der Waals surface area contributed by atoms with Crippen LogP contribution in [0.15, 0.2) is 12.1 Å². The van der Waals surface area contributed by atoms with Crippen LogP contribution in [0.5, 0.6) is 0 Å². The average Bonchev–Trinajstić information content (AvgIpc) is 2.36.